The Balaban J connectivity index is 2.09. The fourth-order valence-electron chi connectivity index (χ4n) is 2.42. The fraction of sp³-hybridized carbons (Fsp3) is 0.400. The summed E-state index contributed by atoms with van der Waals surface area (Å²) in [7, 11) is 0. The molecule has 6 heteroatoms. The average Bonchev–Trinajstić information content (AvgIpc) is 2.41. The van der Waals surface area contributed by atoms with E-state index in [2.05, 4.69) is 0 Å². The summed E-state index contributed by atoms with van der Waals surface area (Å²) < 4.78 is 0. The van der Waals surface area contributed by atoms with Gasteiger partial charge in [0.1, 0.15) is 0 Å². The topological polar surface area (TPSA) is 92.5 Å². The highest BCUT2D eigenvalue weighted by Crippen LogP contribution is 2.32. The lowest BCUT2D eigenvalue weighted by Crippen LogP contribution is -2.45. The Kier molecular flexibility index (Phi) is 4.09. The summed E-state index contributed by atoms with van der Waals surface area (Å²) in [6, 6.07) is 6.65. The number of carbonyl (C=O) groups excluding carboxylic acids is 3. The predicted molar refractivity (Wildman–Crippen MR) is 76.7 cm³/mol. The van der Waals surface area contributed by atoms with E-state index in [1.54, 1.807) is 24.3 Å². The summed E-state index contributed by atoms with van der Waals surface area (Å²) in [5.74, 6) is 4.37. The van der Waals surface area contributed by atoms with Gasteiger partial charge in [0.15, 0.2) is 0 Å². The Hall–Kier alpha value is -2.21. The van der Waals surface area contributed by atoms with Crippen molar-refractivity contribution in [3.8, 4) is 0 Å². The first-order valence-electron chi connectivity index (χ1n) is 6.75. The van der Waals surface area contributed by atoms with Gasteiger partial charge in [-0.2, -0.15) is 0 Å². The summed E-state index contributed by atoms with van der Waals surface area (Å²) in [5.41, 5.74) is 3.00. The van der Waals surface area contributed by atoms with Gasteiger partial charge < -0.3 is 0 Å². The number of nitrogens with two attached hydrogens (primary N) is 1. The van der Waals surface area contributed by atoms with Crippen molar-refractivity contribution >= 4 is 17.7 Å². The van der Waals surface area contributed by atoms with Gasteiger partial charge in [0, 0.05) is 18.4 Å². The number of hydrogen-bond acceptors (Lipinski definition) is 4. The Morgan fingerprint density at radius 1 is 1.19 bits per heavy atom. The number of nitrogens with zero attached hydrogens (tertiary/aromatic N) is 1. The molecule has 1 aromatic rings. The van der Waals surface area contributed by atoms with Crippen molar-refractivity contribution in [1.82, 2.24) is 10.3 Å². The third-order valence-corrected chi connectivity index (χ3v) is 3.55. The largest absolute Gasteiger partial charge is 0.290 e. The molecule has 0 aromatic heterocycles. The number of nitrogen functional groups attached to an aromatic ring is 1. The van der Waals surface area contributed by atoms with Crippen LogP contribution in [0.15, 0.2) is 24.3 Å². The number of imide groups is 1. The van der Waals surface area contributed by atoms with Crippen LogP contribution < -0.4 is 11.3 Å². The molecule has 0 atom stereocenters. The molecular formula is C15H19N3O3. The minimum absolute atomic E-state index is 0.153. The molecule has 1 aromatic carbocycles. The van der Waals surface area contributed by atoms with Crippen LogP contribution in [0.1, 0.15) is 42.6 Å². The third kappa shape index (κ3) is 3.46. The predicted octanol–water partition coefficient (Wildman–Crippen LogP) is 0.965. The number of nitrogens with one attached hydrogen (secondary N) is 1. The van der Waals surface area contributed by atoms with E-state index < -0.39 is 0 Å². The fourth-order valence-corrected chi connectivity index (χ4v) is 2.42. The molecular weight excluding hydrogens is 270 g/mol. The van der Waals surface area contributed by atoms with Crippen LogP contribution in [0.5, 0.6) is 0 Å². The summed E-state index contributed by atoms with van der Waals surface area (Å²) >= 11 is 0. The number of hydrogen-bond donors (Lipinski definition) is 2. The maximum atomic E-state index is 12.1. The van der Waals surface area contributed by atoms with Gasteiger partial charge in [0.25, 0.3) is 5.91 Å². The van der Waals surface area contributed by atoms with Crippen molar-refractivity contribution < 1.29 is 14.4 Å². The Bertz CT molecular complexity index is 558. The van der Waals surface area contributed by atoms with Gasteiger partial charge in [0.2, 0.25) is 11.8 Å². The highest BCUT2D eigenvalue weighted by atomic mass is 16.2. The summed E-state index contributed by atoms with van der Waals surface area (Å²) in [5, 5.41) is 0. The van der Waals surface area contributed by atoms with E-state index in [4.69, 9.17) is 5.84 Å². The van der Waals surface area contributed by atoms with E-state index in [1.807, 2.05) is 19.3 Å². The van der Waals surface area contributed by atoms with Gasteiger partial charge in [0.05, 0.1) is 6.54 Å². The van der Waals surface area contributed by atoms with E-state index in [-0.39, 0.29) is 29.7 Å². The van der Waals surface area contributed by atoms with Crippen molar-refractivity contribution in [2.45, 2.75) is 33.2 Å². The van der Waals surface area contributed by atoms with Crippen molar-refractivity contribution in [2.75, 3.05) is 0 Å². The molecule has 112 valence electrons. The van der Waals surface area contributed by atoms with E-state index in [0.29, 0.717) is 18.4 Å². The first kappa shape index (κ1) is 15.2. The van der Waals surface area contributed by atoms with Gasteiger partial charge >= 0.3 is 0 Å². The van der Waals surface area contributed by atoms with Crippen molar-refractivity contribution in [3.63, 3.8) is 0 Å². The maximum absolute atomic E-state index is 12.1. The molecule has 3 amide bonds. The van der Waals surface area contributed by atoms with E-state index in [9.17, 15) is 14.4 Å². The molecule has 0 bridgehead atoms. The number of hydrazine groups is 1. The van der Waals surface area contributed by atoms with Gasteiger partial charge in [-0.25, -0.2) is 5.84 Å². The summed E-state index contributed by atoms with van der Waals surface area (Å²) in [6.07, 6.45) is 0.735. The van der Waals surface area contributed by atoms with Gasteiger partial charge in [-0.15, -0.1) is 0 Å². The monoisotopic (exact) mass is 289 g/mol. The smallest absolute Gasteiger partial charge is 0.265 e. The molecule has 1 saturated heterocycles. The van der Waals surface area contributed by atoms with Crippen LogP contribution in [0.3, 0.4) is 0 Å². The van der Waals surface area contributed by atoms with Crippen molar-refractivity contribution in [1.29, 1.82) is 0 Å². The molecule has 0 unspecified atom stereocenters. The second kappa shape index (κ2) is 5.65. The van der Waals surface area contributed by atoms with E-state index >= 15 is 0 Å². The van der Waals surface area contributed by atoms with Crippen LogP contribution in [-0.4, -0.2) is 22.6 Å². The molecule has 0 radical (unpaired) electrons. The first-order chi connectivity index (χ1) is 9.82. The molecule has 1 heterocycles. The number of amides is 3. The second-order valence-electron chi connectivity index (χ2n) is 6.06. The van der Waals surface area contributed by atoms with Crippen LogP contribution in [0, 0.1) is 5.41 Å². The average molecular weight is 289 g/mol. The van der Waals surface area contributed by atoms with E-state index in [1.165, 1.54) is 4.90 Å². The minimum atomic E-state index is -0.381. The van der Waals surface area contributed by atoms with Crippen LogP contribution in [0.2, 0.25) is 0 Å². The lowest BCUT2D eigenvalue weighted by atomic mass is 9.81. The van der Waals surface area contributed by atoms with Gasteiger partial charge in [-0.3, -0.25) is 24.7 Å². The molecule has 1 aliphatic rings. The molecule has 1 aliphatic heterocycles. The maximum Gasteiger partial charge on any atom is 0.265 e. The van der Waals surface area contributed by atoms with Crippen molar-refractivity contribution in [2.24, 2.45) is 11.3 Å². The van der Waals surface area contributed by atoms with Crippen molar-refractivity contribution in [3.05, 3.63) is 35.4 Å². The zero-order chi connectivity index (χ0) is 15.6. The van der Waals surface area contributed by atoms with Gasteiger partial charge in [-0.1, -0.05) is 26.0 Å². The SMILES string of the molecule is CC1(C)CC(=O)N(Cc2ccc(C(=O)NN)cc2)C(=O)C1. The van der Waals surface area contributed by atoms with Crippen LogP contribution in [0.4, 0.5) is 0 Å². The molecule has 0 saturated carbocycles. The molecule has 6 nitrogen and oxygen atoms in total. The zero-order valence-corrected chi connectivity index (χ0v) is 12.2. The Morgan fingerprint density at radius 3 is 2.19 bits per heavy atom. The molecule has 3 N–H and O–H groups in total. The summed E-state index contributed by atoms with van der Waals surface area (Å²) in [6.45, 7) is 4.07. The van der Waals surface area contributed by atoms with Crippen LogP contribution >= 0.6 is 0 Å². The van der Waals surface area contributed by atoms with E-state index in [0.717, 1.165) is 5.56 Å². The van der Waals surface area contributed by atoms with Gasteiger partial charge in [-0.05, 0) is 23.1 Å². The number of carbonyl (C=O) groups is 3. The molecule has 2 rings (SSSR count). The lowest BCUT2D eigenvalue weighted by molar-refractivity contribution is -0.153. The second-order valence-corrected chi connectivity index (χ2v) is 6.06. The first-order valence-corrected chi connectivity index (χ1v) is 6.75. The molecule has 0 aliphatic carbocycles. The Morgan fingerprint density at radius 2 is 1.71 bits per heavy atom. The quantitative estimate of drug-likeness (QED) is 0.375. The molecule has 0 spiro atoms. The highest BCUT2D eigenvalue weighted by Gasteiger charge is 2.37. The number of likely N-dealkylation sites (tertiary alicyclic amines) is 1. The number of benzene rings is 1. The Labute approximate surface area is 123 Å². The summed E-state index contributed by atoms with van der Waals surface area (Å²) in [4.78, 5) is 36.8. The zero-order valence-electron chi connectivity index (χ0n) is 12.2. The molecule has 1 fully saturated rings. The molecule has 21 heavy (non-hydrogen) atoms. The minimum Gasteiger partial charge on any atom is -0.290 e. The standard InChI is InChI=1S/C15H19N3O3/c1-15(2)7-12(19)18(13(20)8-15)9-10-3-5-11(6-4-10)14(21)17-16/h3-6H,7-9,16H2,1-2H3,(H,17,21). The third-order valence-electron chi connectivity index (χ3n) is 3.55. The normalized spacial score (nSPS) is 17.8. The van der Waals surface area contributed by atoms with Crippen LogP contribution in [-0.2, 0) is 16.1 Å². The highest BCUT2D eigenvalue weighted by molar-refractivity contribution is 5.98. The number of rotatable bonds is 3. The van der Waals surface area contributed by atoms with Crippen LogP contribution in [0.25, 0.3) is 0 Å². The number of piperidine rings is 1. The lowest BCUT2D eigenvalue weighted by Gasteiger charge is -2.34.